The largest absolute Gasteiger partial charge is 0.494 e. The summed E-state index contributed by atoms with van der Waals surface area (Å²) >= 11 is 1.32. The van der Waals surface area contributed by atoms with Crippen molar-refractivity contribution < 1.29 is 14.3 Å². The lowest BCUT2D eigenvalue weighted by Crippen LogP contribution is -2.32. The van der Waals surface area contributed by atoms with Crippen molar-refractivity contribution >= 4 is 34.4 Å². The number of thioether (sulfide) groups is 1. The van der Waals surface area contributed by atoms with Gasteiger partial charge in [-0.1, -0.05) is 17.8 Å². The van der Waals surface area contributed by atoms with Crippen LogP contribution in [0.4, 0.5) is 5.69 Å². The Morgan fingerprint density at radius 3 is 2.83 bits per heavy atom. The fourth-order valence-corrected chi connectivity index (χ4v) is 3.54. The monoisotopic (exact) mass is 349 g/mol. The first kappa shape index (κ1) is 18.3. The summed E-state index contributed by atoms with van der Waals surface area (Å²) in [4.78, 5) is 30.6. The van der Waals surface area contributed by atoms with Gasteiger partial charge in [-0.25, -0.2) is 4.90 Å². The highest BCUT2D eigenvalue weighted by molar-refractivity contribution is 8.15. The topological polar surface area (TPSA) is 71.0 Å². The van der Waals surface area contributed by atoms with Crippen LogP contribution < -0.4 is 15.0 Å². The predicted molar refractivity (Wildman–Crippen MR) is 97.8 cm³/mol. The molecule has 0 aliphatic carbocycles. The Kier molecular flexibility index (Phi) is 6.66. The Hall–Kier alpha value is -2.02. The van der Waals surface area contributed by atoms with Crippen LogP contribution in [0, 0.1) is 0 Å². The van der Waals surface area contributed by atoms with Crippen LogP contribution in [0.3, 0.4) is 0 Å². The molecule has 0 saturated carbocycles. The van der Waals surface area contributed by atoms with Crippen molar-refractivity contribution in [3.05, 3.63) is 24.3 Å². The molecule has 1 aliphatic rings. The number of ether oxygens (including phenoxy) is 1. The number of nitrogens with zero attached hydrogens (tertiary/aromatic N) is 2. The molecule has 1 aromatic carbocycles. The zero-order valence-corrected chi connectivity index (χ0v) is 15.1. The van der Waals surface area contributed by atoms with Gasteiger partial charge in [0.1, 0.15) is 11.0 Å². The standard InChI is InChI=1S/C17H23N3O3S/c1-4-18-17(19-5-2)24-14-11-15(21)20(16(14)22)12-8-7-9-13(10-12)23-6-3/h7-10,14H,4-6,11H2,1-3H3,(H,18,19)/t14-/m0/s1. The number of amides is 2. The maximum Gasteiger partial charge on any atom is 0.247 e. The van der Waals surface area contributed by atoms with Gasteiger partial charge in [-0.2, -0.15) is 0 Å². The van der Waals surface area contributed by atoms with Crippen molar-refractivity contribution in [1.82, 2.24) is 5.32 Å². The SMILES string of the molecule is CCN=C(NCC)S[C@H]1CC(=O)N(c2cccc(OCC)c2)C1=O. The molecule has 0 bridgehead atoms. The molecule has 0 aromatic heterocycles. The smallest absolute Gasteiger partial charge is 0.247 e. The zero-order chi connectivity index (χ0) is 17.5. The molecule has 1 fully saturated rings. The van der Waals surface area contributed by atoms with Gasteiger partial charge in [-0.15, -0.1) is 0 Å². The molecule has 1 heterocycles. The number of carbonyl (C=O) groups is 2. The Bertz CT molecular complexity index is 633. The van der Waals surface area contributed by atoms with Gasteiger partial charge in [0.25, 0.3) is 0 Å². The molecule has 130 valence electrons. The molecule has 7 heteroatoms. The second-order valence-corrected chi connectivity index (χ2v) is 6.31. The molecule has 1 aliphatic heterocycles. The van der Waals surface area contributed by atoms with E-state index in [4.69, 9.17) is 4.74 Å². The molecular weight excluding hydrogens is 326 g/mol. The molecule has 2 rings (SSSR count). The number of rotatable bonds is 6. The van der Waals surface area contributed by atoms with Gasteiger partial charge in [0, 0.05) is 25.6 Å². The number of benzene rings is 1. The normalized spacial score (nSPS) is 18.2. The average molecular weight is 349 g/mol. The first-order valence-corrected chi connectivity index (χ1v) is 9.03. The van der Waals surface area contributed by atoms with Crippen LogP contribution in [-0.4, -0.2) is 41.9 Å². The van der Waals surface area contributed by atoms with E-state index >= 15 is 0 Å². The number of hydrogen-bond donors (Lipinski definition) is 1. The number of aliphatic imine (C=N–C) groups is 1. The fourth-order valence-electron chi connectivity index (χ4n) is 2.41. The van der Waals surface area contributed by atoms with E-state index in [2.05, 4.69) is 10.3 Å². The maximum atomic E-state index is 12.7. The van der Waals surface area contributed by atoms with Crippen molar-refractivity contribution in [2.75, 3.05) is 24.6 Å². The van der Waals surface area contributed by atoms with E-state index in [9.17, 15) is 9.59 Å². The summed E-state index contributed by atoms with van der Waals surface area (Å²) in [5, 5.41) is 3.40. The minimum Gasteiger partial charge on any atom is -0.494 e. The Balaban J connectivity index is 2.16. The number of anilines is 1. The van der Waals surface area contributed by atoms with E-state index in [0.29, 0.717) is 29.8 Å². The van der Waals surface area contributed by atoms with Gasteiger partial charge in [0.15, 0.2) is 5.17 Å². The molecule has 0 radical (unpaired) electrons. The summed E-state index contributed by atoms with van der Waals surface area (Å²) in [5.74, 6) is 0.242. The molecular formula is C17H23N3O3S. The molecule has 1 atom stereocenters. The molecule has 2 amide bonds. The van der Waals surface area contributed by atoms with E-state index in [0.717, 1.165) is 6.54 Å². The number of imide groups is 1. The van der Waals surface area contributed by atoms with Gasteiger partial charge in [-0.05, 0) is 32.9 Å². The first-order chi connectivity index (χ1) is 11.6. The second kappa shape index (κ2) is 8.73. The lowest BCUT2D eigenvalue weighted by molar-refractivity contribution is -0.121. The van der Waals surface area contributed by atoms with Gasteiger partial charge in [0.05, 0.1) is 12.3 Å². The fraction of sp³-hybridized carbons (Fsp3) is 0.471. The van der Waals surface area contributed by atoms with Gasteiger partial charge < -0.3 is 10.1 Å². The lowest BCUT2D eigenvalue weighted by Gasteiger charge is -2.16. The van der Waals surface area contributed by atoms with Crippen LogP contribution in [0.5, 0.6) is 5.75 Å². The summed E-state index contributed by atoms with van der Waals surface area (Å²) in [6, 6.07) is 7.06. The van der Waals surface area contributed by atoms with Crippen LogP contribution in [0.1, 0.15) is 27.2 Å². The summed E-state index contributed by atoms with van der Waals surface area (Å²) in [6.45, 7) is 7.68. The maximum absolute atomic E-state index is 12.7. The Labute approximate surface area is 146 Å². The average Bonchev–Trinajstić information content (AvgIpc) is 2.82. The van der Waals surface area contributed by atoms with E-state index in [1.165, 1.54) is 16.7 Å². The van der Waals surface area contributed by atoms with Crippen molar-refractivity contribution in [2.45, 2.75) is 32.4 Å². The van der Waals surface area contributed by atoms with Crippen molar-refractivity contribution in [3.8, 4) is 5.75 Å². The molecule has 1 N–H and O–H groups in total. The third kappa shape index (κ3) is 4.29. The van der Waals surface area contributed by atoms with E-state index in [-0.39, 0.29) is 18.2 Å². The quantitative estimate of drug-likeness (QED) is 0.485. The molecule has 1 aromatic rings. The number of hydrogen-bond acceptors (Lipinski definition) is 5. The van der Waals surface area contributed by atoms with E-state index < -0.39 is 5.25 Å². The van der Waals surface area contributed by atoms with Crippen LogP contribution in [-0.2, 0) is 9.59 Å². The van der Waals surface area contributed by atoms with E-state index in [1.54, 1.807) is 24.3 Å². The highest BCUT2D eigenvalue weighted by Crippen LogP contribution is 2.31. The lowest BCUT2D eigenvalue weighted by atomic mass is 10.3. The highest BCUT2D eigenvalue weighted by Gasteiger charge is 2.40. The Morgan fingerprint density at radius 2 is 2.17 bits per heavy atom. The summed E-state index contributed by atoms with van der Waals surface area (Å²) in [7, 11) is 0. The molecule has 0 spiro atoms. The van der Waals surface area contributed by atoms with Crippen molar-refractivity contribution in [2.24, 2.45) is 4.99 Å². The summed E-state index contributed by atoms with van der Waals surface area (Å²) in [6.07, 6.45) is 0.177. The zero-order valence-electron chi connectivity index (χ0n) is 14.2. The van der Waals surface area contributed by atoms with E-state index in [1.807, 2.05) is 20.8 Å². The number of carbonyl (C=O) groups excluding carboxylic acids is 2. The third-order valence-electron chi connectivity index (χ3n) is 3.38. The predicted octanol–water partition coefficient (Wildman–Crippen LogP) is 2.44. The first-order valence-electron chi connectivity index (χ1n) is 8.15. The van der Waals surface area contributed by atoms with Gasteiger partial charge in [0.2, 0.25) is 11.8 Å². The van der Waals surface area contributed by atoms with Crippen molar-refractivity contribution in [1.29, 1.82) is 0 Å². The molecule has 1 saturated heterocycles. The second-order valence-electron chi connectivity index (χ2n) is 5.12. The highest BCUT2D eigenvalue weighted by atomic mass is 32.2. The van der Waals surface area contributed by atoms with Crippen LogP contribution in [0.15, 0.2) is 29.3 Å². The van der Waals surface area contributed by atoms with Crippen LogP contribution in [0.2, 0.25) is 0 Å². The molecule has 0 unspecified atom stereocenters. The Morgan fingerprint density at radius 1 is 1.38 bits per heavy atom. The van der Waals surface area contributed by atoms with Crippen molar-refractivity contribution in [3.63, 3.8) is 0 Å². The van der Waals surface area contributed by atoms with Crippen LogP contribution in [0.25, 0.3) is 0 Å². The minimum absolute atomic E-state index is 0.177. The third-order valence-corrected chi connectivity index (χ3v) is 4.53. The minimum atomic E-state index is -0.447. The number of amidine groups is 1. The molecule has 6 nitrogen and oxygen atoms in total. The summed E-state index contributed by atoms with van der Waals surface area (Å²) < 4.78 is 5.45. The van der Waals surface area contributed by atoms with Gasteiger partial charge in [-0.3, -0.25) is 14.6 Å². The molecule has 24 heavy (non-hydrogen) atoms. The summed E-state index contributed by atoms with van der Waals surface area (Å²) in [5.41, 5.74) is 0.552. The van der Waals surface area contributed by atoms with Gasteiger partial charge >= 0.3 is 0 Å². The number of nitrogens with one attached hydrogen (secondary N) is 1. The van der Waals surface area contributed by atoms with Crippen LogP contribution >= 0.6 is 11.8 Å².